The SMILES string of the molecule is CC1(C)c2ccccc2-c2ccc(-c3cccc(N4c5ccccc5-c5ccccc5-c5cc(-c6ccc7c(c6)-c6ccccc6-c6ccccc6N7c6cccc(-c7ccccc7)c6)ccc54)c3)cc21. The Kier molecular flexibility index (Phi) is 9.28. The van der Waals surface area contributed by atoms with Gasteiger partial charge in [-0.15, -0.1) is 0 Å². The number of hydrogen-bond donors (Lipinski definition) is 0. The molecule has 0 unspecified atom stereocenters. The third kappa shape index (κ3) is 6.49. The zero-order valence-electron chi connectivity index (χ0n) is 39.6. The van der Waals surface area contributed by atoms with Gasteiger partial charge in [-0.2, -0.15) is 0 Å². The Morgan fingerprint density at radius 1 is 0.225 bits per heavy atom. The lowest BCUT2D eigenvalue weighted by molar-refractivity contribution is 0.660. The molecular formula is C69H48N2. The minimum Gasteiger partial charge on any atom is -0.309 e. The Labute approximate surface area is 416 Å². The van der Waals surface area contributed by atoms with Crippen molar-refractivity contribution in [1.29, 1.82) is 0 Å². The van der Waals surface area contributed by atoms with Crippen molar-refractivity contribution in [3.8, 4) is 89.0 Å². The summed E-state index contributed by atoms with van der Waals surface area (Å²) >= 11 is 0. The molecule has 0 fully saturated rings. The van der Waals surface area contributed by atoms with E-state index in [1.807, 2.05) is 0 Å². The molecule has 0 atom stereocenters. The van der Waals surface area contributed by atoms with Crippen LogP contribution in [0.1, 0.15) is 25.0 Å². The molecule has 71 heavy (non-hydrogen) atoms. The average molecular weight is 905 g/mol. The van der Waals surface area contributed by atoms with Gasteiger partial charge >= 0.3 is 0 Å². The van der Waals surface area contributed by atoms with Gasteiger partial charge in [-0.3, -0.25) is 0 Å². The first-order valence-corrected chi connectivity index (χ1v) is 24.7. The van der Waals surface area contributed by atoms with Crippen LogP contribution in [-0.2, 0) is 5.41 Å². The summed E-state index contributed by atoms with van der Waals surface area (Å²) in [6.07, 6.45) is 0. The Balaban J connectivity index is 0.923. The van der Waals surface area contributed by atoms with Crippen LogP contribution < -0.4 is 9.80 Å². The van der Waals surface area contributed by atoms with E-state index in [1.54, 1.807) is 0 Å². The molecule has 1 aliphatic carbocycles. The third-order valence-electron chi connectivity index (χ3n) is 15.3. The third-order valence-corrected chi connectivity index (χ3v) is 15.3. The Morgan fingerprint density at radius 3 is 1.14 bits per heavy atom. The van der Waals surface area contributed by atoms with E-state index in [0.29, 0.717) is 0 Å². The van der Waals surface area contributed by atoms with Gasteiger partial charge in [0.15, 0.2) is 0 Å². The van der Waals surface area contributed by atoms with Gasteiger partial charge in [0.2, 0.25) is 0 Å². The summed E-state index contributed by atoms with van der Waals surface area (Å²) < 4.78 is 0. The molecule has 14 rings (SSSR count). The van der Waals surface area contributed by atoms with Crippen molar-refractivity contribution in [2.24, 2.45) is 0 Å². The topological polar surface area (TPSA) is 6.48 Å². The monoisotopic (exact) mass is 904 g/mol. The zero-order valence-corrected chi connectivity index (χ0v) is 39.6. The highest BCUT2D eigenvalue weighted by Gasteiger charge is 2.36. The van der Waals surface area contributed by atoms with Gasteiger partial charge in [0.1, 0.15) is 0 Å². The van der Waals surface area contributed by atoms with Crippen LogP contribution in [0.2, 0.25) is 0 Å². The van der Waals surface area contributed by atoms with Gasteiger partial charge < -0.3 is 9.80 Å². The molecule has 2 heteroatoms. The maximum atomic E-state index is 2.48. The maximum Gasteiger partial charge on any atom is 0.0540 e. The normalized spacial score (nSPS) is 13.3. The summed E-state index contributed by atoms with van der Waals surface area (Å²) in [4.78, 5) is 4.94. The Morgan fingerprint density at radius 2 is 0.592 bits per heavy atom. The number of anilines is 6. The molecule has 2 aliphatic heterocycles. The summed E-state index contributed by atoms with van der Waals surface area (Å²) in [7, 11) is 0. The Hall–Kier alpha value is -8.98. The van der Waals surface area contributed by atoms with E-state index >= 15 is 0 Å². The van der Waals surface area contributed by atoms with Crippen molar-refractivity contribution < 1.29 is 0 Å². The average Bonchev–Trinajstić information content (AvgIpc) is 3.51. The fourth-order valence-electron chi connectivity index (χ4n) is 11.9. The van der Waals surface area contributed by atoms with Gasteiger partial charge in [-0.05, 0) is 145 Å². The second-order valence-corrected chi connectivity index (χ2v) is 19.7. The zero-order chi connectivity index (χ0) is 47.2. The second-order valence-electron chi connectivity index (χ2n) is 19.7. The summed E-state index contributed by atoms with van der Waals surface area (Å²) in [6, 6.07) is 94.5. The van der Waals surface area contributed by atoms with E-state index in [-0.39, 0.29) is 5.41 Å². The van der Waals surface area contributed by atoms with E-state index in [2.05, 4.69) is 278 Å². The van der Waals surface area contributed by atoms with Crippen LogP contribution in [0.3, 0.4) is 0 Å². The lowest BCUT2D eigenvalue weighted by Crippen LogP contribution is -2.14. The standard InChI is InChI=1S/C69H48N2/c1-69(2)63-31-13-10-28-57(63)58-37-34-50(44-64(58)69)47-21-17-23-52(41-47)71-66-33-15-12-30-60(66)54-25-7-9-27-56(54)62-43-49(36-39-68(62)71)48-35-38-67-61(42-48)55-26-8-6-24-53(55)59-29-11-14-32-65(59)70(67)51-22-16-20-46(40-51)45-18-4-3-5-19-45/h3-44H,1-2H3. The highest BCUT2D eigenvalue weighted by atomic mass is 15.2. The predicted octanol–water partition coefficient (Wildman–Crippen LogP) is 19.2. The van der Waals surface area contributed by atoms with Crippen LogP contribution in [-0.4, -0.2) is 0 Å². The molecule has 0 spiro atoms. The van der Waals surface area contributed by atoms with Crippen molar-refractivity contribution >= 4 is 34.1 Å². The fourth-order valence-corrected chi connectivity index (χ4v) is 11.9. The molecule has 11 aromatic rings. The van der Waals surface area contributed by atoms with E-state index < -0.39 is 0 Å². The number of fused-ring (bicyclic) bond motifs is 13. The van der Waals surface area contributed by atoms with Crippen LogP contribution in [0.4, 0.5) is 34.1 Å². The van der Waals surface area contributed by atoms with Crippen LogP contribution in [0.15, 0.2) is 255 Å². The second kappa shape index (κ2) is 16.1. The van der Waals surface area contributed by atoms with Crippen molar-refractivity contribution in [2.75, 3.05) is 9.80 Å². The smallest absolute Gasteiger partial charge is 0.0540 e. The maximum absolute atomic E-state index is 2.48. The van der Waals surface area contributed by atoms with Crippen LogP contribution in [0.25, 0.3) is 89.0 Å². The minimum atomic E-state index is -0.0782. The fraction of sp³-hybridized carbons (Fsp3) is 0.0435. The van der Waals surface area contributed by atoms with E-state index in [0.717, 1.165) is 34.1 Å². The molecule has 0 N–H and O–H groups in total. The van der Waals surface area contributed by atoms with Crippen LogP contribution in [0, 0.1) is 0 Å². The van der Waals surface area contributed by atoms with Crippen LogP contribution >= 0.6 is 0 Å². The van der Waals surface area contributed by atoms with Crippen molar-refractivity contribution in [3.63, 3.8) is 0 Å². The van der Waals surface area contributed by atoms with E-state index in [9.17, 15) is 0 Å². The molecule has 3 aliphatic rings. The van der Waals surface area contributed by atoms with Crippen LogP contribution in [0.5, 0.6) is 0 Å². The molecule has 2 heterocycles. The molecule has 11 aromatic carbocycles. The first-order chi connectivity index (χ1) is 35.0. The first-order valence-electron chi connectivity index (χ1n) is 24.7. The lowest BCUT2D eigenvalue weighted by atomic mass is 9.81. The summed E-state index contributed by atoms with van der Waals surface area (Å²) in [6.45, 7) is 4.72. The minimum absolute atomic E-state index is 0.0782. The first kappa shape index (κ1) is 41.0. The predicted molar refractivity (Wildman–Crippen MR) is 299 cm³/mol. The van der Waals surface area contributed by atoms with Crippen molar-refractivity contribution in [3.05, 3.63) is 266 Å². The number of nitrogens with zero attached hydrogens (tertiary/aromatic N) is 2. The van der Waals surface area contributed by atoms with Gasteiger partial charge in [-0.1, -0.05) is 202 Å². The Bertz CT molecular complexity index is 3930. The van der Waals surface area contributed by atoms with Gasteiger partial charge in [0.05, 0.1) is 22.7 Å². The van der Waals surface area contributed by atoms with Gasteiger partial charge in [0, 0.05) is 39.0 Å². The molecule has 0 saturated carbocycles. The highest BCUT2D eigenvalue weighted by Crippen LogP contribution is 2.55. The number of benzene rings is 11. The molecule has 0 amide bonds. The molecular weight excluding hydrogens is 857 g/mol. The highest BCUT2D eigenvalue weighted by molar-refractivity contribution is 6.06. The van der Waals surface area contributed by atoms with Crippen molar-refractivity contribution in [2.45, 2.75) is 19.3 Å². The van der Waals surface area contributed by atoms with E-state index in [1.165, 1.54) is 100 Å². The lowest BCUT2D eigenvalue weighted by Gasteiger charge is -2.29. The summed E-state index contributed by atoms with van der Waals surface area (Å²) in [5.41, 5.74) is 29.1. The van der Waals surface area contributed by atoms with E-state index in [4.69, 9.17) is 0 Å². The summed E-state index contributed by atoms with van der Waals surface area (Å²) in [5, 5.41) is 0. The molecule has 0 radical (unpaired) electrons. The molecule has 2 nitrogen and oxygen atoms in total. The number of para-hydroxylation sites is 2. The number of hydrogen-bond acceptors (Lipinski definition) is 2. The largest absolute Gasteiger partial charge is 0.309 e. The van der Waals surface area contributed by atoms with Crippen molar-refractivity contribution in [1.82, 2.24) is 0 Å². The molecule has 0 aromatic heterocycles. The number of rotatable bonds is 5. The molecule has 0 bridgehead atoms. The molecule has 0 saturated heterocycles. The van der Waals surface area contributed by atoms with Gasteiger partial charge in [0.25, 0.3) is 0 Å². The summed E-state index contributed by atoms with van der Waals surface area (Å²) in [5.74, 6) is 0. The molecule has 334 valence electrons. The quantitative estimate of drug-likeness (QED) is 0.170. The van der Waals surface area contributed by atoms with Gasteiger partial charge in [-0.25, -0.2) is 0 Å².